The highest BCUT2D eigenvalue weighted by Crippen LogP contribution is 2.36. The molecule has 2 heterocycles. The first-order valence-electron chi connectivity index (χ1n) is 9.57. The minimum Gasteiger partial charge on any atom is -0.493 e. The lowest BCUT2D eigenvalue weighted by atomic mass is 10.2. The van der Waals surface area contributed by atoms with Crippen LogP contribution in [0.3, 0.4) is 0 Å². The van der Waals surface area contributed by atoms with E-state index in [4.69, 9.17) is 14.2 Å². The van der Waals surface area contributed by atoms with Crippen molar-refractivity contribution >= 4 is 21.8 Å². The number of ether oxygens (including phenoxy) is 3. The fourth-order valence-electron chi connectivity index (χ4n) is 3.26. The van der Waals surface area contributed by atoms with Gasteiger partial charge in [-0.25, -0.2) is 9.97 Å². The summed E-state index contributed by atoms with van der Waals surface area (Å²) in [5, 5.41) is 11.8. The van der Waals surface area contributed by atoms with E-state index >= 15 is 0 Å². The van der Waals surface area contributed by atoms with Crippen LogP contribution in [0.5, 0.6) is 23.1 Å². The van der Waals surface area contributed by atoms with Crippen LogP contribution in [0.1, 0.15) is 0 Å². The zero-order valence-electron chi connectivity index (χ0n) is 17.1. The van der Waals surface area contributed by atoms with Crippen molar-refractivity contribution in [3.63, 3.8) is 0 Å². The van der Waals surface area contributed by atoms with Crippen LogP contribution in [0, 0.1) is 0 Å². The van der Waals surface area contributed by atoms with Crippen molar-refractivity contribution in [3.8, 4) is 23.1 Å². The zero-order valence-corrected chi connectivity index (χ0v) is 17.1. The Morgan fingerprint density at radius 2 is 1.97 bits per heavy atom. The van der Waals surface area contributed by atoms with Crippen LogP contribution in [0.4, 0.5) is 0 Å². The Bertz CT molecular complexity index is 1160. The van der Waals surface area contributed by atoms with Gasteiger partial charge in [-0.15, -0.1) is 0 Å². The summed E-state index contributed by atoms with van der Waals surface area (Å²) in [5.41, 5.74) is 1.69. The molecule has 0 saturated carbocycles. The number of aliphatic hydroxyl groups is 1. The molecule has 30 heavy (non-hydrogen) atoms. The van der Waals surface area contributed by atoms with Gasteiger partial charge in [-0.05, 0) is 44.4 Å². The summed E-state index contributed by atoms with van der Waals surface area (Å²) in [6.45, 7) is 0.646. The second-order valence-corrected chi connectivity index (χ2v) is 7.25. The van der Waals surface area contributed by atoms with Gasteiger partial charge in [0, 0.05) is 29.7 Å². The fraction of sp³-hybridized carbons (Fsp3) is 0.273. The largest absolute Gasteiger partial charge is 0.493 e. The molecule has 2 N–H and O–H groups in total. The van der Waals surface area contributed by atoms with E-state index < -0.39 is 6.10 Å². The van der Waals surface area contributed by atoms with E-state index in [0.29, 0.717) is 40.6 Å². The van der Waals surface area contributed by atoms with Gasteiger partial charge < -0.3 is 29.2 Å². The number of aliphatic hydroxyl groups excluding tert-OH is 1. The molecular formula is C22H24N4O4. The minimum absolute atomic E-state index is 0.144. The van der Waals surface area contributed by atoms with E-state index in [2.05, 4.69) is 15.0 Å². The number of nitrogens with zero attached hydrogens (tertiary/aromatic N) is 3. The molecule has 0 saturated heterocycles. The van der Waals surface area contributed by atoms with Gasteiger partial charge in [0.2, 0.25) is 5.88 Å². The molecule has 156 valence electrons. The van der Waals surface area contributed by atoms with Crippen molar-refractivity contribution < 1.29 is 19.3 Å². The predicted molar refractivity (Wildman–Crippen MR) is 115 cm³/mol. The van der Waals surface area contributed by atoms with Gasteiger partial charge in [-0.3, -0.25) is 0 Å². The van der Waals surface area contributed by atoms with Crippen LogP contribution >= 0.6 is 0 Å². The Kier molecular flexibility index (Phi) is 5.69. The normalized spacial score (nSPS) is 12.4. The second-order valence-electron chi connectivity index (χ2n) is 7.25. The number of aromatic nitrogens is 3. The molecule has 4 rings (SSSR count). The summed E-state index contributed by atoms with van der Waals surface area (Å²) in [6, 6.07) is 11.3. The maximum Gasteiger partial charge on any atom is 0.230 e. The van der Waals surface area contributed by atoms with Crippen LogP contribution in [-0.2, 0) is 0 Å². The molecule has 2 aromatic heterocycles. The number of hydrogen-bond donors (Lipinski definition) is 2. The topological polar surface area (TPSA) is 92.7 Å². The third-order valence-corrected chi connectivity index (χ3v) is 4.63. The number of hydrogen-bond acceptors (Lipinski definition) is 7. The van der Waals surface area contributed by atoms with Crippen LogP contribution in [0.2, 0.25) is 0 Å². The lowest BCUT2D eigenvalue weighted by Gasteiger charge is -2.18. The molecule has 0 radical (unpaired) electrons. The lowest BCUT2D eigenvalue weighted by Crippen LogP contribution is -2.30. The predicted octanol–water partition coefficient (Wildman–Crippen LogP) is 3.21. The molecule has 4 aromatic rings. The molecule has 0 spiro atoms. The van der Waals surface area contributed by atoms with Gasteiger partial charge in [0.1, 0.15) is 24.8 Å². The van der Waals surface area contributed by atoms with Crippen LogP contribution in [0.25, 0.3) is 21.8 Å². The number of aromatic amines is 1. The molecule has 8 heteroatoms. The van der Waals surface area contributed by atoms with E-state index in [9.17, 15) is 5.11 Å². The Labute approximate surface area is 174 Å². The number of nitrogens with one attached hydrogen (secondary N) is 1. The van der Waals surface area contributed by atoms with E-state index in [1.165, 1.54) is 6.33 Å². The quantitative estimate of drug-likeness (QED) is 0.462. The third kappa shape index (κ3) is 4.29. The lowest BCUT2D eigenvalue weighted by molar-refractivity contribution is 0.0819. The molecule has 0 aliphatic heterocycles. The molecule has 1 atom stereocenters. The van der Waals surface area contributed by atoms with Crippen molar-refractivity contribution in [1.82, 2.24) is 19.9 Å². The zero-order chi connectivity index (χ0) is 21.1. The maximum absolute atomic E-state index is 10.1. The van der Waals surface area contributed by atoms with Crippen LogP contribution in [0.15, 0.2) is 48.9 Å². The third-order valence-electron chi connectivity index (χ3n) is 4.63. The summed E-state index contributed by atoms with van der Waals surface area (Å²) in [4.78, 5) is 13.7. The molecule has 0 amide bonds. The molecule has 2 aromatic carbocycles. The molecular weight excluding hydrogens is 384 g/mol. The Morgan fingerprint density at radius 3 is 2.77 bits per heavy atom. The SMILES string of the molecule is COc1cc2c(Oc3ccc4[nH]ccc4c3)ncnc2cc1OC[C@H](O)CN(C)C. The van der Waals surface area contributed by atoms with Gasteiger partial charge >= 0.3 is 0 Å². The first-order chi connectivity index (χ1) is 14.5. The average molecular weight is 408 g/mol. The summed E-state index contributed by atoms with van der Waals surface area (Å²) in [5.74, 6) is 2.11. The highest BCUT2D eigenvalue weighted by atomic mass is 16.5. The van der Waals surface area contributed by atoms with Crippen LogP contribution < -0.4 is 14.2 Å². The van der Waals surface area contributed by atoms with Gasteiger partial charge in [0.25, 0.3) is 0 Å². The monoisotopic (exact) mass is 408 g/mol. The standard InChI is InChI=1S/C22H24N4O4/c1-26(2)11-15(27)12-29-21-10-19-17(9-20(21)28-3)22(25-13-24-19)30-16-4-5-18-14(8-16)6-7-23-18/h4-10,13,15,23,27H,11-12H2,1-3H3/t15-/m1/s1. The van der Waals surface area contributed by atoms with E-state index in [1.807, 2.05) is 49.5 Å². The molecule has 0 unspecified atom stereocenters. The van der Waals surface area contributed by atoms with Crippen molar-refractivity contribution in [1.29, 1.82) is 0 Å². The summed E-state index contributed by atoms with van der Waals surface area (Å²) in [6.07, 6.45) is 2.72. The maximum atomic E-state index is 10.1. The van der Waals surface area contributed by atoms with Gasteiger partial charge in [-0.1, -0.05) is 0 Å². The van der Waals surface area contributed by atoms with E-state index in [0.717, 1.165) is 10.9 Å². The van der Waals surface area contributed by atoms with Gasteiger partial charge in [-0.2, -0.15) is 0 Å². The molecule has 0 fully saturated rings. The number of likely N-dealkylation sites (N-methyl/N-ethyl adjacent to an activating group) is 1. The smallest absolute Gasteiger partial charge is 0.230 e. The number of fused-ring (bicyclic) bond motifs is 2. The van der Waals surface area contributed by atoms with E-state index in [1.54, 1.807) is 19.2 Å². The number of benzene rings is 2. The second kappa shape index (κ2) is 8.56. The molecule has 8 nitrogen and oxygen atoms in total. The number of rotatable bonds is 8. The average Bonchev–Trinajstić information content (AvgIpc) is 3.19. The Hall–Kier alpha value is -3.36. The van der Waals surface area contributed by atoms with Crippen molar-refractivity contribution in [2.24, 2.45) is 0 Å². The molecule has 0 aliphatic carbocycles. The fourth-order valence-corrected chi connectivity index (χ4v) is 3.26. The van der Waals surface area contributed by atoms with Crippen LogP contribution in [-0.4, -0.2) is 65.4 Å². The van der Waals surface area contributed by atoms with Gasteiger partial charge in [0.05, 0.1) is 18.0 Å². The van der Waals surface area contributed by atoms with E-state index in [-0.39, 0.29) is 6.61 Å². The number of methoxy groups -OCH3 is 1. The highest BCUT2D eigenvalue weighted by molar-refractivity contribution is 5.87. The molecule has 0 bridgehead atoms. The van der Waals surface area contributed by atoms with Crippen molar-refractivity contribution in [3.05, 3.63) is 48.9 Å². The molecule has 0 aliphatic rings. The first kappa shape index (κ1) is 19.9. The highest BCUT2D eigenvalue weighted by Gasteiger charge is 2.15. The summed E-state index contributed by atoms with van der Waals surface area (Å²) < 4.78 is 17.3. The Balaban J connectivity index is 1.62. The first-order valence-corrected chi connectivity index (χ1v) is 9.57. The van der Waals surface area contributed by atoms with Gasteiger partial charge in [0.15, 0.2) is 11.5 Å². The number of H-pyrrole nitrogens is 1. The minimum atomic E-state index is -0.618. The summed E-state index contributed by atoms with van der Waals surface area (Å²) in [7, 11) is 5.35. The Morgan fingerprint density at radius 1 is 1.10 bits per heavy atom. The van der Waals surface area contributed by atoms with Crippen molar-refractivity contribution in [2.45, 2.75) is 6.10 Å². The summed E-state index contributed by atoms with van der Waals surface area (Å²) >= 11 is 0. The van der Waals surface area contributed by atoms with Crippen molar-refractivity contribution in [2.75, 3.05) is 34.4 Å².